The van der Waals surface area contributed by atoms with Gasteiger partial charge in [0.2, 0.25) is 0 Å². The lowest BCUT2D eigenvalue weighted by atomic mass is 10.1. The van der Waals surface area contributed by atoms with Crippen LogP contribution in [0.1, 0.15) is 50.9 Å². The van der Waals surface area contributed by atoms with Crippen molar-refractivity contribution in [1.29, 1.82) is 0 Å². The summed E-state index contributed by atoms with van der Waals surface area (Å²) in [6.07, 6.45) is 3.38. The monoisotopic (exact) mass is 298 g/mol. The third kappa shape index (κ3) is 4.10. The predicted octanol–water partition coefficient (Wildman–Crippen LogP) is 4.08. The molecule has 1 heterocycles. The molecule has 0 unspecified atom stereocenters. The zero-order chi connectivity index (χ0) is 15.3. The number of carboxylic acid groups (broad SMARTS) is 1. The first-order chi connectivity index (χ1) is 9.40. The fourth-order valence-corrected chi connectivity index (χ4v) is 2.57. The van der Waals surface area contributed by atoms with Crippen LogP contribution in [0, 0.1) is 5.92 Å². The molecule has 0 amide bonds. The van der Waals surface area contributed by atoms with E-state index in [1.807, 2.05) is 0 Å². The van der Waals surface area contributed by atoms with Gasteiger partial charge in [-0.05, 0) is 24.8 Å². The van der Waals surface area contributed by atoms with Crippen molar-refractivity contribution in [2.24, 2.45) is 5.92 Å². The van der Waals surface area contributed by atoms with Crippen LogP contribution in [0.5, 0.6) is 0 Å². The highest BCUT2D eigenvalue weighted by atomic mass is 35.5. The molecule has 0 bridgehead atoms. The Morgan fingerprint density at radius 3 is 2.40 bits per heavy atom. The third-order valence-electron chi connectivity index (χ3n) is 3.29. The Morgan fingerprint density at radius 2 is 2.00 bits per heavy atom. The van der Waals surface area contributed by atoms with Crippen LogP contribution < -0.4 is 4.90 Å². The summed E-state index contributed by atoms with van der Waals surface area (Å²) in [6, 6.07) is 1.83. The molecule has 1 aromatic heterocycles. The standard InChI is InChI=1S/C15H23ClN2O2/c1-5-12(6-2)18(9-10(3)4)14-13(16)7-11(8-17-14)15(19)20/h7-8,10,12H,5-6,9H2,1-4H3,(H,19,20). The molecule has 0 spiro atoms. The molecule has 0 aromatic carbocycles. The number of aromatic nitrogens is 1. The highest BCUT2D eigenvalue weighted by Gasteiger charge is 2.21. The van der Waals surface area contributed by atoms with Crippen LogP contribution in [0.2, 0.25) is 5.02 Å². The smallest absolute Gasteiger partial charge is 0.337 e. The second-order valence-electron chi connectivity index (χ2n) is 5.35. The van der Waals surface area contributed by atoms with Crippen molar-refractivity contribution in [1.82, 2.24) is 4.98 Å². The second kappa shape index (κ2) is 7.48. The number of aromatic carboxylic acids is 1. The molecule has 0 aliphatic heterocycles. The Labute approximate surface area is 125 Å². The normalized spacial score (nSPS) is 11.2. The van der Waals surface area contributed by atoms with Gasteiger partial charge in [0.05, 0.1) is 10.6 Å². The van der Waals surface area contributed by atoms with Gasteiger partial charge in [0.15, 0.2) is 0 Å². The minimum Gasteiger partial charge on any atom is -0.478 e. The van der Waals surface area contributed by atoms with Gasteiger partial charge >= 0.3 is 5.97 Å². The predicted molar refractivity (Wildman–Crippen MR) is 82.8 cm³/mol. The van der Waals surface area contributed by atoms with E-state index in [9.17, 15) is 4.79 Å². The van der Waals surface area contributed by atoms with Crippen LogP contribution in [0.4, 0.5) is 5.82 Å². The number of halogens is 1. The number of pyridine rings is 1. The van der Waals surface area contributed by atoms with Crippen LogP contribution in [-0.4, -0.2) is 28.6 Å². The van der Waals surface area contributed by atoms with Gasteiger partial charge in [-0.2, -0.15) is 0 Å². The van der Waals surface area contributed by atoms with E-state index < -0.39 is 5.97 Å². The number of anilines is 1. The van der Waals surface area contributed by atoms with Gasteiger partial charge in [-0.1, -0.05) is 39.3 Å². The Hall–Kier alpha value is -1.29. The number of hydrogen-bond donors (Lipinski definition) is 1. The number of hydrogen-bond acceptors (Lipinski definition) is 3. The summed E-state index contributed by atoms with van der Waals surface area (Å²) in [6.45, 7) is 9.43. The summed E-state index contributed by atoms with van der Waals surface area (Å²) in [5, 5.41) is 9.37. The molecule has 0 aliphatic carbocycles. The van der Waals surface area contributed by atoms with E-state index in [-0.39, 0.29) is 5.56 Å². The second-order valence-corrected chi connectivity index (χ2v) is 5.76. The van der Waals surface area contributed by atoms with E-state index in [0.29, 0.717) is 22.8 Å². The van der Waals surface area contributed by atoms with Crippen molar-refractivity contribution in [3.8, 4) is 0 Å². The Morgan fingerprint density at radius 1 is 1.40 bits per heavy atom. The van der Waals surface area contributed by atoms with E-state index in [2.05, 4.69) is 37.6 Å². The van der Waals surface area contributed by atoms with Crippen molar-refractivity contribution >= 4 is 23.4 Å². The van der Waals surface area contributed by atoms with Crippen molar-refractivity contribution in [2.75, 3.05) is 11.4 Å². The molecular weight excluding hydrogens is 276 g/mol. The minimum absolute atomic E-state index is 0.118. The zero-order valence-electron chi connectivity index (χ0n) is 12.6. The van der Waals surface area contributed by atoms with Gasteiger partial charge in [-0.3, -0.25) is 0 Å². The van der Waals surface area contributed by atoms with Gasteiger partial charge in [0.1, 0.15) is 5.82 Å². The number of rotatable bonds is 7. The lowest BCUT2D eigenvalue weighted by molar-refractivity contribution is 0.0696. The maximum Gasteiger partial charge on any atom is 0.337 e. The highest BCUT2D eigenvalue weighted by Crippen LogP contribution is 2.28. The largest absolute Gasteiger partial charge is 0.478 e. The summed E-state index contributed by atoms with van der Waals surface area (Å²) >= 11 is 6.24. The number of carboxylic acids is 1. The van der Waals surface area contributed by atoms with Crippen LogP contribution in [0.25, 0.3) is 0 Å². The minimum atomic E-state index is -1.01. The van der Waals surface area contributed by atoms with Crippen LogP contribution in [0.3, 0.4) is 0 Å². The average molecular weight is 299 g/mol. The Bertz CT molecular complexity index is 459. The molecule has 4 nitrogen and oxygen atoms in total. The van der Waals surface area contributed by atoms with Crippen molar-refractivity contribution in [2.45, 2.75) is 46.6 Å². The fourth-order valence-electron chi connectivity index (χ4n) is 2.29. The van der Waals surface area contributed by atoms with Crippen LogP contribution in [-0.2, 0) is 0 Å². The summed E-state index contributed by atoms with van der Waals surface area (Å²) in [5.74, 6) is 0.149. The summed E-state index contributed by atoms with van der Waals surface area (Å²) < 4.78 is 0. The van der Waals surface area contributed by atoms with Gasteiger partial charge in [-0.15, -0.1) is 0 Å². The molecular formula is C15H23ClN2O2. The molecule has 1 rings (SSSR count). The quantitative estimate of drug-likeness (QED) is 0.824. The van der Waals surface area contributed by atoms with Gasteiger partial charge in [0.25, 0.3) is 0 Å². The first-order valence-electron chi connectivity index (χ1n) is 7.06. The Kier molecular flexibility index (Phi) is 6.27. The van der Waals surface area contributed by atoms with Gasteiger partial charge < -0.3 is 10.0 Å². The number of nitrogens with zero attached hydrogens (tertiary/aromatic N) is 2. The molecule has 0 fully saturated rings. The molecule has 0 radical (unpaired) electrons. The molecule has 112 valence electrons. The van der Waals surface area contributed by atoms with E-state index in [0.717, 1.165) is 19.4 Å². The first-order valence-corrected chi connectivity index (χ1v) is 7.43. The lowest BCUT2D eigenvalue weighted by Crippen LogP contribution is -2.38. The molecule has 5 heteroatoms. The number of carbonyl (C=O) groups is 1. The van der Waals surface area contributed by atoms with E-state index in [1.165, 1.54) is 12.3 Å². The van der Waals surface area contributed by atoms with Crippen molar-refractivity contribution in [3.05, 3.63) is 22.8 Å². The topological polar surface area (TPSA) is 53.4 Å². The zero-order valence-corrected chi connectivity index (χ0v) is 13.3. The molecule has 0 aliphatic rings. The van der Waals surface area contributed by atoms with Crippen LogP contribution in [0.15, 0.2) is 12.3 Å². The van der Waals surface area contributed by atoms with Crippen molar-refractivity contribution in [3.63, 3.8) is 0 Å². The van der Waals surface area contributed by atoms with E-state index in [4.69, 9.17) is 16.7 Å². The van der Waals surface area contributed by atoms with Gasteiger partial charge in [-0.25, -0.2) is 9.78 Å². The van der Waals surface area contributed by atoms with Crippen LogP contribution >= 0.6 is 11.6 Å². The highest BCUT2D eigenvalue weighted by molar-refractivity contribution is 6.33. The molecule has 1 aromatic rings. The summed E-state index contributed by atoms with van der Waals surface area (Å²) in [4.78, 5) is 17.4. The van der Waals surface area contributed by atoms with Crippen molar-refractivity contribution < 1.29 is 9.90 Å². The summed E-state index contributed by atoms with van der Waals surface area (Å²) in [7, 11) is 0. The Balaban J connectivity index is 3.16. The third-order valence-corrected chi connectivity index (χ3v) is 3.56. The molecule has 1 N–H and O–H groups in total. The average Bonchev–Trinajstić information content (AvgIpc) is 2.38. The lowest BCUT2D eigenvalue weighted by Gasteiger charge is -2.33. The maximum atomic E-state index is 10.9. The molecule has 20 heavy (non-hydrogen) atoms. The summed E-state index contributed by atoms with van der Waals surface area (Å²) in [5.41, 5.74) is 0.118. The molecule has 0 atom stereocenters. The molecule has 0 saturated carbocycles. The first kappa shape index (κ1) is 16.8. The van der Waals surface area contributed by atoms with E-state index >= 15 is 0 Å². The maximum absolute atomic E-state index is 10.9. The van der Waals surface area contributed by atoms with E-state index in [1.54, 1.807) is 0 Å². The molecule has 0 saturated heterocycles. The van der Waals surface area contributed by atoms with Gasteiger partial charge in [0, 0.05) is 18.8 Å². The fraction of sp³-hybridized carbons (Fsp3) is 0.600. The SMILES string of the molecule is CCC(CC)N(CC(C)C)c1ncc(C(=O)O)cc1Cl.